The van der Waals surface area contributed by atoms with Crippen molar-refractivity contribution < 1.29 is 8.42 Å². The Balaban J connectivity index is 2.24. The second-order valence-electron chi connectivity index (χ2n) is 5.06. The van der Waals surface area contributed by atoms with Crippen LogP contribution in [-0.4, -0.2) is 14.5 Å². The van der Waals surface area contributed by atoms with Gasteiger partial charge in [-0.15, -0.1) is 0 Å². The van der Waals surface area contributed by atoms with E-state index in [2.05, 4.69) is 43.5 Å². The molecule has 0 aliphatic heterocycles. The quantitative estimate of drug-likeness (QED) is 0.816. The van der Waals surface area contributed by atoms with Crippen molar-refractivity contribution in [3.63, 3.8) is 0 Å². The molecule has 2 rings (SSSR count). The van der Waals surface area contributed by atoms with Crippen molar-refractivity contribution in [1.82, 2.24) is 4.72 Å². The fraction of sp³-hybridized carbons (Fsp3) is 0.538. The van der Waals surface area contributed by atoms with Gasteiger partial charge in [-0.2, -0.15) is 0 Å². The van der Waals surface area contributed by atoms with Gasteiger partial charge in [-0.25, -0.2) is 13.1 Å². The zero-order chi connectivity index (χ0) is 14.0. The van der Waals surface area contributed by atoms with E-state index in [1.54, 1.807) is 12.1 Å². The van der Waals surface area contributed by atoms with Crippen LogP contribution in [0.15, 0.2) is 32.0 Å². The van der Waals surface area contributed by atoms with Gasteiger partial charge in [-0.1, -0.05) is 35.7 Å². The Morgan fingerprint density at radius 2 is 1.89 bits per heavy atom. The van der Waals surface area contributed by atoms with Gasteiger partial charge in [-0.05, 0) is 52.9 Å². The first-order valence-corrected chi connectivity index (χ1v) is 9.44. The third kappa shape index (κ3) is 3.80. The summed E-state index contributed by atoms with van der Waals surface area (Å²) in [5, 5.41) is 0. The van der Waals surface area contributed by atoms with Crippen LogP contribution in [0.25, 0.3) is 0 Å². The molecule has 6 heteroatoms. The molecule has 1 aromatic carbocycles. The molecule has 3 nitrogen and oxygen atoms in total. The fourth-order valence-electron chi connectivity index (χ4n) is 2.44. The lowest BCUT2D eigenvalue weighted by Crippen LogP contribution is -2.41. The minimum Gasteiger partial charge on any atom is -0.208 e. The highest BCUT2D eigenvalue weighted by Gasteiger charge is 2.27. The van der Waals surface area contributed by atoms with E-state index in [4.69, 9.17) is 0 Å². The summed E-state index contributed by atoms with van der Waals surface area (Å²) in [6, 6.07) is 5.22. The minimum absolute atomic E-state index is 0.0460. The van der Waals surface area contributed by atoms with E-state index in [1.807, 2.05) is 6.07 Å². The molecule has 0 radical (unpaired) electrons. The van der Waals surface area contributed by atoms with Crippen LogP contribution >= 0.6 is 31.9 Å². The maximum atomic E-state index is 12.5. The molecule has 0 spiro atoms. The predicted molar refractivity (Wildman–Crippen MR) is 83.6 cm³/mol. The summed E-state index contributed by atoms with van der Waals surface area (Å²) in [5.74, 6) is 0.398. The second-order valence-corrected chi connectivity index (χ2v) is 8.52. The van der Waals surface area contributed by atoms with Gasteiger partial charge in [0.1, 0.15) is 0 Å². The monoisotopic (exact) mass is 409 g/mol. The van der Waals surface area contributed by atoms with Crippen LogP contribution < -0.4 is 4.72 Å². The molecule has 1 aliphatic rings. The summed E-state index contributed by atoms with van der Waals surface area (Å²) >= 11 is 6.62. The summed E-state index contributed by atoms with van der Waals surface area (Å²) in [5.41, 5.74) is 0. The molecular formula is C13H17Br2NO2S. The molecule has 106 valence electrons. The van der Waals surface area contributed by atoms with E-state index in [1.165, 1.54) is 6.42 Å². The van der Waals surface area contributed by atoms with Crippen molar-refractivity contribution in [2.75, 3.05) is 0 Å². The number of halogens is 2. The first-order chi connectivity index (χ1) is 8.90. The van der Waals surface area contributed by atoms with Gasteiger partial charge in [0.05, 0.1) is 4.90 Å². The zero-order valence-electron chi connectivity index (χ0n) is 10.7. The van der Waals surface area contributed by atoms with Gasteiger partial charge in [-0.3, -0.25) is 0 Å². The highest BCUT2D eigenvalue weighted by molar-refractivity contribution is 9.11. The molecule has 2 atom stereocenters. The van der Waals surface area contributed by atoms with E-state index >= 15 is 0 Å². The molecule has 2 unspecified atom stereocenters. The van der Waals surface area contributed by atoms with Gasteiger partial charge in [0.25, 0.3) is 0 Å². The Morgan fingerprint density at radius 1 is 1.21 bits per heavy atom. The maximum Gasteiger partial charge on any atom is 0.241 e. The van der Waals surface area contributed by atoms with E-state index in [9.17, 15) is 8.42 Å². The second kappa shape index (κ2) is 6.24. The summed E-state index contributed by atoms with van der Waals surface area (Å²) < 4.78 is 29.1. The van der Waals surface area contributed by atoms with E-state index < -0.39 is 10.0 Å². The maximum absolute atomic E-state index is 12.5. The largest absolute Gasteiger partial charge is 0.241 e. The summed E-state index contributed by atoms with van der Waals surface area (Å²) in [4.78, 5) is 0.291. The van der Waals surface area contributed by atoms with Crippen LogP contribution in [0.4, 0.5) is 0 Å². The van der Waals surface area contributed by atoms with Crippen molar-refractivity contribution in [3.05, 3.63) is 27.1 Å². The highest BCUT2D eigenvalue weighted by Crippen LogP contribution is 2.29. The molecule has 1 fully saturated rings. The third-order valence-electron chi connectivity index (χ3n) is 3.60. The topological polar surface area (TPSA) is 46.2 Å². The lowest BCUT2D eigenvalue weighted by molar-refractivity contribution is 0.310. The molecule has 19 heavy (non-hydrogen) atoms. The van der Waals surface area contributed by atoms with Crippen LogP contribution in [0.5, 0.6) is 0 Å². The first-order valence-electron chi connectivity index (χ1n) is 6.37. The number of rotatable bonds is 3. The van der Waals surface area contributed by atoms with Gasteiger partial charge in [0, 0.05) is 15.0 Å². The Labute approximate surface area is 131 Å². The van der Waals surface area contributed by atoms with Crippen LogP contribution in [0.1, 0.15) is 32.6 Å². The van der Waals surface area contributed by atoms with Gasteiger partial charge < -0.3 is 0 Å². The fourth-order valence-corrected chi connectivity index (χ4v) is 5.32. The molecular weight excluding hydrogens is 394 g/mol. The number of hydrogen-bond acceptors (Lipinski definition) is 2. The van der Waals surface area contributed by atoms with Gasteiger partial charge in [0.2, 0.25) is 10.0 Å². The van der Waals surface area contributed by atoms with Crippen molar-refractivity contribution in [2.45, 2.75) is 43.5 Å². The van der Waals surface area contributed by atoms with E-state index in [0.29, 0.717) is 15.3 Å². The predicted octanol–water partition coefficient (Wildman–Crippen LogP) is 4.07. The number of sulfonamides is 1. The Kier molecular flexibility index (Phi) is 5.09. The Morgan fingerprint density at radius 3 is 2.58 bits per heavy atom. The molecule has 0 aromatic heterocycles. The minimum atomic E-state index is -3.47. The van der Waals surface area contributed by atoms with Gasteiger partial charge >= 0.3 is 0 Å². The number of nitrogens with one attached hydrogen (secondary N) is 1. The summed E-state index contributed by atoms with van der Waals surface area (Å²) in [6.07, 6.45) is 4.30. The SMILES string of the molecule is CC1CCCCC1NS(=O)(=O)c1cc(Br)ccc1Br. The molecule has 0 saturated heterocycles. The Hall–Kier alpha value is 0.0900. The van der Waals surface area contributed by atoms with E-state index in [-0.39, 0.29) is 6.04 Å². The van der Waals surface area contributed by atoms with Crippen molar-refractivity contribution in [2.24, 2.45) is 5.92 Å². The molecule has 0 heterocycles. The highest BCUT2D eigenvalue weighted by atomic mass is 79.9. The zero-order valence-corrected chi connectivity index (χ0v) is 14.7. The Bertz CT molecular complexity index is 560. The lowest BCUT2D eigenvalue weighted by atomic mass is 9.87. The smallest absolute Gasteiger partial charge is 0.208 e. The van der Waals surface area contributed by atoms with Crippen LogP contribution in [0, 0.1) is 5.92 Å². The number of hydrogen-bond donors (Lipinski definition) is 1. The van der Waals surface area contributed by atoms with Gasteiger partial charge in [0.15, 0.2) is 0 Å². The van der Waals surface area contributed by atoms with Crippen molar-refractivity contribution in [3.8, 4) is 0 Å². The van der Waals surface area contributed by atoms with Crippen molar-refractivity contribution in [1.29, 1.82) is 0 Å². The standard InChI is InChI=1S/C13H17Br2NO2S/c1-9-4-2-3-5-12(9)16-19(17,18)13-8-10(14)6-7-11(13)15/h6-9,12,16H,2-5H2,1H3. The molecule has 1 N–H and O–H groups in total. The van der Waals surface area contributed by atoms with Crippen LogP contribution in [-0.2, 0) is 10.0 Å². The molecule has 0 amide bonds. The normalized spacial score (nSPS) is 24.4. The van der Waals surface area contributed by atoms with Crippen molar-refractivity contribution >= 4 is 41.9 Å². The van der Waals surface area contributed by atoms with Crippen LogP contribution in [0.3, 0.4) is 0 Å². The van der Waals surface area contributed by atoms with E-state index in [0.717, 1.165) is 23.7 Å². The third-order valence-corrected chi connectivity index (χ3v) is 6.58. The lowest BCUT2D eigenvalue weighted by Gasteiger charge is -2.29. The average Bonchev–Trinajstić information content (AvgIpc) is 2.35. The first kappa shape index (κ1) is 15.5. The van der Waals surface area contributed by atoms with Crippen LogP contribution in [0.2, 0.25) is 0 Å². The molecule has 0 bridgehead atoms. The summed E-state index contributed by atoms with van der Waals surface area (Å²) in [7, 11) is -3.47. The number of benzene rings is 1. The molecule has 1 aliphatic carbocycles. The average molecular weight is 411 g/mol. The molecule has 1 saturated carbocycles. The summed E-state index contributed by atoms with van der Waals surface area (Å²) in [6.45, 7) is 2.11. The molecule has 1 aromatic rings.